The molecular formula is C12H22. The van der Waals surface area contributed by atoms with Gasteiger partial charge in [0.05, 0.1) is 0 Å². The van der Waals surface area contributed by atoms with Crippen LogP contribution >= 0.6 is 0 Å². The van der Waals surface area contributed by atoms with Gasteiger partial charge in [-0.3, -0.25) is 0 Å². The van der Waals surface area contributed by atoms with Gasteiger partial charge in [-0.05, 0) is 18.3 Å². The number of unbranched alkanes of at least 4 members (excludes halogenated alkanes) is 1. The highest BCUT2D eigenvalue weighted by molar-refractivity contribution is 5.31. The smallest absolute Gasteiger partial charge is 0.00310 e. The van der Waals surface area contributed by atoms with Crippen molar-refractivity contribution in [1.29, 1.82) is 0 Å². The van der Waals surface area contributed by atoms with Crippen molar-refractivity contribution in [3.8, 4) is 0 Å². The molecule has 0 radical (unpaired) electrons. The molecule has 0 aromatic heterocycles. The molecule has 1 aliphatic rings. The summed E-state index contributed by atoms with van der Waals surface area (Å²) in [7, 11) is 0. The molecule has 0 nitrogen and oxygen atoms in total. The van der Waals surface area contributed by atoms with E-state index in [0.717, 1.165) is 5.92 Å². The number of rotatable bonds is 5. The van der Waals surface area contributed by atoms with E-state index in [9.17, 15) is 0 Å². The minimum atomic E-state index is 0.543. The Bertz CT molecular complexity index is 174. The summed E-state index contributed by atoms with van der Waals surface area (Å²) in [5, 5.41) is 0. The Labute approximate surface area is 77.1 Å². The van der Waals surface area contributed by atoms with Crippen LogP contribution in [-0.4, -0.2) is 0 Å². The van der Waals surface area contributed by atoms with Gasteiger partial charge in [0, 0.05) is 5.92 Å². The van der Waals surface area contributed by atoms with Gasteiger partial charge in [-0.1, -0.05) is 52.2 Å². The van der Waals surface area contributed by atoms with E-state index in [1.807, 2.05) is 0 Å². The van der Waals surface area contributed by atoms with Crippen LogP contribution < -0.4 is 0 Å². The van der Waals surface area contributed by atoms with Crippen LogP contribution in [0.1, 0.15) is 53.4 Å². The average Bonchev–Trinajstić information content (AvgIpc) is 2.80. The van der Waals surface area contributed by atoms with E-state index >= 15 is 0 Å². The predicted octanol–water partition coefficient (Wildman–Crippen LogP) is 4.17. The topological polar surface area (TPSA) is 0 Å². The molecule has 1 aliphatic carbocycles. The molecule has 0 fully saturated rings. The third-order valence-corrected chi connectivity index (χ3v) is 3.10. The first-order chi connectivity index (χ1) is 5.61. The molecular weight excluding hydrogens is 144 g/mol. The first-order valence-electron chi connectivity index (χ1n) is 5.32. The Morgan fingerprint density at radius 1 is 1.33 bits per heavy atom. The van der Waals surface area contributed by atoms with E-state index in [2.05, 4.69) is 33.8 Å². The zero-order chi connectivity index (χ0) is 9.19. The van der Waals surface area contributed by atoms with Crippen LogP contribution in [0.5, 0.6) is 0 Å². The summed E-state index contributed by atoms with van der Waals surface area (Å²) >= 11 is 0. The Morgan fingerprint density at radius 3 is 2.42 bits per heavy atom. The standard InChI is InChI=1S/C12H22/c1-5-7-8-12(3,4)11-9-10(11)6-2/h9,11H,5-8H2,1-4H3. The lowest BCUT2D eigenvalue weighted by Crippen LogP contribution is -2.15. The van der Waals surface area contributed by atoms with Crippen LogP contribution in [0.25, 0.3) is 0 Å². The molecule has 1 atom stereocenters. The van der Waals surface area contributed by atoms with E-state index in [4.69, 9.17) is 0 Å². The highest BCUT2D eigenvalue weighted by atomic mass is 14.4. The molecule has 0 bridgehead atoms. The second-order valence-corrected chi connectivity index (χ2v) is 4.66. The number of hydrogen-bond donors (Lipinski definition) is 0. The molecule has 0 aromatic carbocycles. The fourth-order valence-corrected chi connectivity index (χ4v) is 2.02. The normalized spacial score (nSPS) is 22.3. The first-order valence-corrected chi connectivity index (χ1v) is 5.32. The first kappa shape index (κ1) is 9.83. The summed E-state index contributed by atoms with van der Waals surface area (Å²) in [6.45, 7) is 9.36. The van der Waals surface area contributed by atoms with Crippen molar-refractivity contribution in [1.82, 2.24) is 0 Å². The molecule has 1 unspecified atom stereocenters. The van der Waals surface area contributed by atoms with E-state index in [-0.39, 0.29) is 0 Å². The van der Waals surface area contributed by atoms with E-state index in [1.54, 1.807) is 5.57 Å². The van der Waals surface area contributed by atoms with Gasteiger partial charge < -0.3 is 0 Å². The maximum absolute atomic E-state index is 2.45. The Hall–Kier alpha value is -0.260. The maximum atomic E-state index is 2.45. The third kappa shape index (κ3) is 2.12. The summed E-state index contributed by atoms with van der Waals surface area (Å²) in [4.78, 5) is 0. The van der Waals surface area contributed by atoms with E-state index in [1.165, 1.54) is 25.7 Å². The molecule has 0 heterocycles. The van der Waals surface area contributed by atoms with Crippen LogP contribution in [0.2, 0.25) is 0 Å². The highest BCUT2D eigenvalue weighted by Crippen LogP contribution is 2.48. The quantitative estimate of drug-likeness (QED) is 0.538. The highest BCUT2D eigenvalue weighted by Gasteiger charge is 2.36. The monoisotopic (exact) mass is 166 g/mol. The van der Waals surface area contributed by atoms with Crippen molar-refractivity contribution in [3.63, 3.8) is 0 Å². The van der Waals surface area contributed by atoms with Crippen molar-refractivity contribution in [2.45, 2.75) is 53.4 Å². The lowest BCUT2D eigenvalue weighted by atomic mass is 9.80. The second kappa shape index (κ2) is 3.64. The molecule has 0 spiro atoms. The average molecular weight is 166 g/mol. The lowest BCUT2D eigenvalue weighted by molar-refractivity contribution is 0.286. The summed E-state index contributed by atoms with van der Waals surface area (Å²) in [6, 6.07) is 0. The predicted molar refractivity (Wildman–Crippen MR) is 55.2 cm³/mol. The van der Waals surface area contributed by atoms with E-state index < -0.39 is 0 Å². The molecule has 0 saturated carbocycles. The van der Waals surface area contributed by atoms with Crippen molar-refractivity contribution < 1.29 is 0 Å². The minimum Gasteiger partial charge on any atom is -0.0770 e. The van der Waals surface area contributed by atoms with Crippen molar-refractivity contribution >= 4 is 0 Å². The number of hydrogen-bond acceptors (Lipinski definition) is 0. The van der Waals surface area contributed by atoms with Gasteiger partial charge in [0.25, 0.3) is 0 Å². The Morgan fingerprint density at radius 2 is 2.00 bits per heavy atom. The molecule has 0 saturated heterocycles. The van der Waals surface area contributed by atoms with Gasteiger partial charge in [0.1, 0.15) is 0 Å². The van der Waals surface area contributed by atoms with Gasteiger partial charge >= 0.3 is 0 Å². The third-order valence-electron chi connectivity index (χ3n) is 3.10. The molecule has 0 heteroatoms. The minimum absolute atomic E-state index is 0.543. The molecule has 0 aliphatic heterocycles. The van der Waals surface area contributed by atoms with Crippen molar-refractivity contribution in [2.24, 2.45) is 11.3 Å². The number of allylic oxidation sites excluding steroid dienone is 2. The summed E-state index contributed by atoms with van der Waals surface area (Å²) in [6.07, 6.45) is 7.82. The van der Waals surface area contributed by atoms with Crippen LogP contribution in [0.4, 0.5) is 0 Å². The second-order valence-electron chi connectivity index (χ2n) is 4.66. The van der Waals surface area contributed by atoms with Crippen LogP contribution in [0.15, 0.2) is 11.6 Å². The lowest BCUT2D eigenvalue weighted by Gasteiger charge is -2.25. The van der Waals surface area contributed by atoms with Crippen LogP contribution in [-0.2, 0) is 0 Å². The molecule has 0 N–H and O–H groups in total. The molecule has 0 aromatic rings. The SMILES string of the molecule is CCCCC(C)(C)C1C=C1CC. The van der Waals surface area contributed by atoms with Gasteiger partial charge in [-0.15, -0.1) is 0 Å². The van der Waals surface area contributed by atoms with Gasteiger partial charge in [-0.25, -0.2) is 0 Å². The zero-order valence-electron chi connectivity index (χ0n) is 8.98. The molecule has 70 valence electrons. The summed E-state index contributed by atoms with van der Waals surface area (Å²) in [5.41, 5.74) is 2.23. The fourth-order valence-electron chi connectivity index (χ4n) is 2.02. The fraction of sp³-hybridized carbons (Fsp3) is 0.833. The summed E-state index contributed by atoms with van der Waals surface area (Å²) in [5.74, 6) is 0.842. The molecule has 1 rings (SSSR count). The largest absolute Gasteiger partial charge is 0.0770 e. The Balaban J connectivity index is 2.30. The van der Waals surface area contributed by atoms with Crippen LogP contribution in [0.3, 0.4) is 0 Å². The Kier molecular flexibility index (Phi) is 2.98. The summed E-state index contributed by atoms with van der Waals surface area (Å²) < 4.78 is 0. The van der Waals surface area contributed by atoms with Crippen molar-refractivity contribution in [3.05, 3.63) is 11.6 Å². The van der Waals surface area contributed by atoms with Gasteiger partial charge in [0.2, 0.25) is 0 Å². The van der Waals surface area contributed by atoms with Gasteiger partial charge in [0.15, 0.2) is 0 Å². The van der Waals surface area contributed by atoms with Gasteiger partial charge in [-0.2, -0.15) is 0 Å². The van der Waals surface area contributed by atoms with E-state index in [0.29, 0.717) is 5.41 Å². The maximum Gasteiger partial charge on any atom is 0.00310 e. The molecule has 0 amide bonds. The molecule has 12 heavy (non-hydrogen) atoms. The zero-order valence-corrected chi connectivity index (χ0v) is 8.98. The van der Waals surface area contributed by atoms with Crippen LogP contribution in [0, 0.1) is 11.3 Å². The van der Waals surface area contributed by atoms with Crippen molar-refractivity contribution in [2.75, 3.05) is 0 Å².